The SMILES string of the molecule is COc1ccc(C(C)C)cc1-c1ncoc1C=O. The minimum atomic E-state index is 0.217. The first-order valence-electron chi connectivity index (χ1n) is 5.74. The van der Waals surface area contributed by atoms with Crippen LogP contribution < -0.4 is 4.74 Å². The van der Waals surface area contributed by atoms with Crippen molar-refractivity contribution in [1.29, 1.82) is 0 Å². The molecule has 0 spiro atoms. The highest BCUT2D eigenvalue weighted by molar-refractivity contribution is 5.84. The van der Waals surface area contributed by atoms with Crippen LogP contribution in [0.4, 0.5) is 0 Å². The summed E-state index contributed by atoms with van der Waals surface area (Å²) >= 11 is 0. The quantitative estimate of drug-likeness (QED) is 0.775. The van der Waals surface area contributed by atoms with Gasteiger partial charge in [-0.15, -0.1) is 0 Å². The van der Waals surface area contributed by atoms with Crippen LogP contribution in [0.25, 0.3) is 11.3 Å². The monoisotopic (exact) mass is 245 g/mol. The molecule has 2 aromatic rings. The van der Waals surface area contributed by atoms with Crippen LogP contribution in [-0.2, 0) is 0 Å². The number of nitrogens with zero attached hydrogens (tertiary/aromatic N) is 1. The van der Waals surface area contributed by atoms with Crippen LogP contribution in [0.15, 0.2) is 29.0 Å². The van der Waals surface area contributed by atoms with Crippen molar-refractivity contribution in [1.82, 2.24) is 4.98 Å². The van der Waals surface area contributed by atoms with Crippen LogP contribution >= 0.6 is 0 Å². The second kappa shape index (κ2) is 5.04. The maximum atomic E-state index is 10.9. The number of aldehydes is 1. The highest BCUT2D eigenvalue weighted by Crippen LogP contribution is 2.33. The van der Waals surface area contributed by atoms with Crippen molar-refractivity contribution in [3.63, 3.8) is 0 Å². The van der Waals surface area contributed by atoms with Crippen molar-refractivity contribution in [3.05, 3.63) is 35.9 Å². The summed E-state index contributed by atoms with van der Waals surface area (Å²) in [5, 5.41) is 0. The second-order valence-electron chi connectivity index (χ2n) is 4.30. The summed E-state index contributed by atoms with van der Waals surface area (Å²) in [6.45, 7) is 4.21. The number of oxazole rings is 1. The van der Waals surface area contributed by atoms with Gasteiger partial charge in [0.2, 0.25) is 0 Å². The molecule has 0 radical (unpaired) electrons. The first-order chi connectivity index (χ1) is 8.67. The molecular weight excluding hydrogens is 230 g/mol. The van der Waals surface area contributed by atoms with E-state index < -0.39 is 0 Å². The molecule has 4 heteroatoms. The van der Waals surface area contributed by atoms with E-state index >= 15 is 0 Å². The maximum Gasteiger partial charge on any atom is 0.194 e. The highest BCUT2D eigenvalue weighted by Gasteiger charge is 2.15. The minimum Gasteiger partial charge on any atom is -0.496 e. The average Bonchev–Trinajstić information content (AvgIpc) is 2.85. The van der Waals surface area contributed by atoms with Crippen molar-refractivity contribution in [3.8, 4) is 17.0 Å². The number of hydrogen-bond acceptors (Lipinski definition) is 4. The molecule has 0 aliphatic carbocycles. The highest BCUT2D eigenvalue weighted by atomic mass is 16.5. The largest absolute Gasteiger partial charge is 0.496 e. The number of rotatable bonds is 4. The fourth-order valence-electron chi connectivity index (χ4n) is 1.81. The summed E-state index contributed by atoms with van der Waals surface area (Å²) in [6, 6.07) is 5.87. The number of ether oxygens (including phenoxy) is 1. The Kier molecular flexibility index (Phi) is 3.46. The summed E-state index contributed by atoms with van der Waals surface area (Å²) < 4.78 is 10.3. The van der Waals surface area contributed by atoms with E-state index in [2.05, 4.69) is 18.8 Å². The van der Waals surface area contributed by atoms with Gasteiger partial charge in [-0.25, -0.2) is 4.98 Å². The zero-order valence-corrected chi connectivity index (χ0v) is 10.6. The molecule has 0 bridgehead atoms. The van der Waals surface area contributed by atoms with Crippen molar-refractivity contribution in [2.45, 2.75) is 19.8 Å². The Morgan fingerprint density at radius 1 is 1.39 bits per heavy atom. The number of benzene rings is 1. The van der Waals surface area contributed by atoms with Gasteiger partial charge in [-0.1, -0.05) is 19.9 Å². The average molecular weight is 245 g/mol. The van der Waals surface area contributed by atoms with Gasteiger partial charge < -0.3 is 9.15 Å². The molecule has 0 saturated carbocycles. The van der Waals surface area contributed by atoms with E-state index in [9.17, 15) is 4.79 Å². The van der Waals surface area contributed by atoms with Crippen LogP contribution in [0.3, 0.4) is 0 Å². The van der Waals surface area contributed by atoms with Crippen molar-refractivity contribution in [2.75, 3.05) is 7.11 Å². The van der Waals surface area contributed by atoms with Gasteiger partial charge in [-0.05, 0) is 23.6 Å². The second-order valence-corrected chi connectivity index (χ2v) is 4.30. The number of aromatic nitrogens is 1. The Balaban J connectivity index is 2.60. The summed E-state index contributed by atoms with van der Waals surface area (Å²) in [7, 11) is 1.59. The third-order valence-electron chi connectivity index (χ3n) is 2.85. The first-order valence-corrected chi connectivity index (χ1v) is 5.74. The van der Waals surface area contributed by atoms with E-state index in [4.69, 9.17) is 9.15 Å². The predicted octanol–water partition coefficient (Wildman–Crippen LogP) is 3.29. The minimum absolute atomic E-state index is 0.217. The Labute approximate surface area is 106 Å². The lowest BCUT2D eigenvalue weighted by molar-refractivity contribution is 0.110. The molecule has 4 nitrogen and oxygen atoms in total. The van der Waals surface area contributed by atoms with Gasteiger partial charge >= 0.3 is 0 Å². The third kappa shape index (κ3) is 2.14. The number of carbonyl (C=O) groups is 1. The van der Waals surface area contributed by atoms with Crippen LogP contribution in [0.1, 0.15) is 35.9 Å². The van der Waals surface area contributed by atoms with Crippen molar-refractivity contribution < 1.29 is 13.9 Å². The van der Waals surface area contributed by atoms with E-state index in [0.717, 1.165) is 11.1 Å². The summed E-state index contributed by atoms with van der Waals surface area (Å²) in [5.41, 5.74) is 2.45. The molecule has 0 aliphatic heterocycles. The van der Waals surface area contributed by atoms with Crippen molar-refractivity contribution >= 4 is 6.29 Å². The fourth-order valence-corrected chi connectivity index (χ4v) is 1.81. The lowest BCUT2D eigenvalue weighted by Crippen LogP contribution is -1.94. The van der Waals surface area contributed by atoms with Crippen molar-refractivity contribution in [2.24, 2.45) is 0 Å². The molecule has 94 valence electrons. The van der Waals surface area contributed by atoms with Gasteiger partial charge in [0.15, 0.2) is 18.4 Å². The lowest BCUT2D eigenvalue weighted by atomic mass is 9.98. The standard InChI is InChI=1S/C14H15NO3/c1-9(2)10-4-5-12(17-3)11(6-10)14-13(7-16)18-8-15-14/h4-9H,1-3H3. The maximum absolute atomic E-state index is 10.9. The molecule has 2 rings (SSSR count). The number of methoxy groups -OCH3 is 1. The van der Waals surface area contributed by atoms with Crippen LogP contribution in [-0.4, -0.2) is 18.4 Å². The normalized spacial score (nSPS) is 10.7. The van der Waals surface area contributed by atoms with Gasteiger partial charge in [0.25, 0.3) is 0 Å². The summed E-state index contributed by atoms with van der Waals surface area (Å²) in [5.74, 6) is 1.28. The smallest absolute Gasteiger partial charge is 0.194 e. The number of hydrogen-bond donors (Lipinski definition) is 0. The Hall–Kier alpha value is -2.10. The zero-order valence-electron chi connectivity index (χ0n) is 10.6. The van der Waals surface area contributed by atoms with E-state index in [-0.39, 0.29) is 5.76 Å². The Morgan fingerprint density at radius 2 is 2.17 bits per heavy atom. The van der Waals surface area contributed by atoms with Crippen LogP contribution in [0, 0.1) is 0 Å². The predicted molar refractivity (Wildman–Crippen MR) is 68.0 cm³/mol. The molecule has 1 aromatic heterocycles. The molecule has 0 saturated heterocycles. The lowest BCUT2D eigenvalue weighted by Gasteiger charge is -2.11. The molecular formula is C14H15NO3. The molecule has 0 aliphatic rings. The molecule has 0 fully saturated rings. The molecule has 0 N–H and O–H groups in total. The van der Waals surface area contributed by atoms with Gasteiger partial charge in [0.1, 0.15) is 11.4 Å². The summed E-state index contributed by atoms with van der Waals surface area (Å²) in [6.07, 6.45) is 1.92. The van der Waals surface area contributed by atoms with E-state index in [0.29, 0.717) is 23.6 Å². The molecule has 18 heavy (non-hydrogen) atoms. The molecule has 0 atom stereocenters. The van der Waals surface area contributed by atoms with E-state index in [1.165, 1.54) is 6.39 Å². The number of carbonyl (C=O) groups excluding carboxylic acids is 1. The first kappa shape index (κ1) is 12.4. The molecule has 0 unspecified atom stereocenters. The Morgan fingerprint density at radius 3 is 2.78 bits per heavy atom. The zero-order chi connectivity index (χ0) is 13.1. The van der Waals surface area contributed by atoms with E-state index in [1.54, 1.807) is 7.11 Å². The Bertz CT molecular complexity index is 558. The topological polar surface area (TPSA) is 52.3 Å². The van der Waals surface area contributed by atoms with Gasteiger partial charge in [0.05, 0.1) is 7.11 Å². The van der Waals surface area contributed by atoms with Gasteiger partial charge in [-0.3, -0.25) is 4.79 Å². The molecule has 0 amide bonds. The van der Waals surface area contributed by atoms with E-state index in [1.807, 2.05) is 18.2 Å². The molecule has 1 aromatic carbocycles. The fraction of sp³-hybridized carbons (Fsp3) is 0.286. The van der Waals surface area contributed by atoms with Crippen LogP contribution in [0.2, 0.25) is 0 Å². The summed E-state index contributed by atoms with van der Waals surface area (Å²) in [4.78, 5) is 15.0. The van der Waals surface area contributed by atoms with Gasteiger partial charge in [0, 0.05) is 5.56 Å². The van der Waals surface area contributed by atoms with Crippen LogP contribution in [0.5, 0.6) is 5.75 Å². The van der Waals surface area contributed by atoms with Gasteiger partial charge in [-0.2, -0.15) is 0 Å². The third-order valence-corrected chi connectivity index (χ3v) is 2.85. The molecule has 1 heterocycles.